The van der Waals surface area contributed by atoms with E-state index in [1.165, 1.54) is 12.4 Å². The number of carbonyl (C=O) groups is 2. The first-order chi connectivity index (χ1) is 14.8. The summed E-state index contributed by atoms with van der Waals surface area (Å²) in [5.74, 6) is -0.186. The van der Waals surface area contributed by atoms with Crippen molar-refractivity contribution in [2.75, 3.05) is 18.8 Å². The van der Waals surface area contributed by atoms with Crippen molar-refractivity contribution in [3.8, 4) is 0 Å². The van der Waals surface area contributed by atoms with Crippen LogP contribution in [-0.2, 0) is 22.2 Å². The average Bonchev–Trinajstić information content (AvgIpc) is 2.78. The van der Waals surface area contributed by atoms with Gasteiger partial charge in [0.05, 0.1) is 10.6 Å². The minimum absolute atomic E-state index is 0.0588. The largest absolute Gasteiger partial charge is 0.349 e. The monoisotopic (exact) mass is 455 g/mol. The maximum Gasteiger partial charge on any atom is 0.222 e. The van der Waals surface area contributed by atoms with Crippen molar-refractivity contribution in [1.82, 2.24) is 9.88 Å². The first-order valence-corrected chi connectivity index (χ1v) is 11.1. The number of hydrogen-bond donors (Lipinski definition) is 1. The van der Waals surface area contributed by atoms with Gasteiger partial charge in [0.25, 0.3) is 0 Å². The highest BCUT2D eigenvalue weighted by Crippen LogP contribution is 2.25. The summed E-state index contributed by atoms with van der Waals surface area (Å²) >= 11 is 6.10. The summed E-state index contributed by atoms with van der Waals surface area (Å²) in [6, 6.07) is 15.2. The number of hydrogen-bond acceptors (Lipinski definition) is 4. The molecule has 0 saturated carbocycles. The number of halogens is 1. The molecule has 1 amide bonds. The van der Waals surface area contributed by atoms with E-state index in [1.54, 1.807) is 61.5 Å². The number of ketones is 1. The molecular weight excluding hydrogens is 434 g/mol. The first kappa shape index (κ1) is 22.7. The molecule has 3 aromatic rings. The third-order valence-electron chi connectivity index (χ3n) is 4.64. The predicted octanol–water partition coefficient (Wildman–Crippen LogP) is 4.12. The van der Waals surface area contributed by atoms with E-state index in [2.05, 4.69) is 9.71 Å². The van der Waals surface area contributed by atoms with Crippen LogP contribution in [0.1, 0.15) is 27.9 Å². The van der Waals surface area contributed by atoms with Crippen molar-refractivity contribution in [2.45, 2.75) is 17.7 Å². The van der Waals surface area contributed by atoms with Crippen molar-refractivity contribution in [3.63, 3.8) is 0 Å². The summed E-state index contributed by atoms with van der Waals surface area (Å²) in [5, 5.41) is 0.408. The Morgan fingerprint density at radius 1 is 1.03 bits per heavy atom. The highest BCUT2D eigenvalue weighted by Gasteiger charge is 2.16. The third-order valence-corrected chi connectivity index (χ3v) is 5.98. The second-order valence-electron chi connectivity index (χ2n) is 7.06. The molecular formula is C23H22ClN3O3S. The standard InChI is InChI=1S/C23H22ClN3O3S/c1-27(2)22(28)10-5-16-3-7-19(8-4-16)31(30)26-21-9-6-18(24)15-20(21)23(29)17-11-13-25-14-12-17/h3-4,6-9,11-15,26H,5,10H2,1-2H3. The van der Waals surface area contributed by atoms with Crippen LogP contribution >= 0.6 is 11.6 Å². The summed E-state index contributed by atoms with van der Waals surface area (Å²) in [6.45, 7) is 0. The molecule has 160 valence electrons. The molecule has 1 heterocycles. The molecule has 2 aromatic carbocycles. The fraction of sp³-hybridized carbons (Fsp3) is 0.174. The van der Waals surface area contributed by atoms with E-state index in [0.29, 0.717) is 39.6 Å². The Kier molecular flexibility index (Phi) is 7.55. The van der Waals surface area contributed by atoms with Crippen LogP contribution in [0.4, 0.5) is 5.69 Å². The number of benzene rings is 2. The van der Waals surface area contributed by atoms with Gasteiger partial charge < -0.3 is 9.62 Å². The minimum Gasteiger partial charge on any atom is -0.349 e. The van der Waals surface area contributed by atoms with Gasteiger partial charge in [0.15, 0.2) is 5.78 Å². The number of pyridine rings is 1. The van der Waals surface area contributed by atoms with Gasteiger partial charge in [0, 0.05) is 49.1 Å². The van der Waals surface area contributed by atoms with Crippen LogP contribution in [0.15, 0.2) is 71.9 Å². The average molecular weight is 456 g/mol. The molecule has 31 heavy (non-hydrogen) atoms. The van der Waals surface area contributed by atoms with Gasteiger partial charge in [-0.3, -0.25) is 14.6 Å². The maximum atomic E-state index is 12.9. The molecule has 1 aromatic heterocycles. The Labute approximate surface area is 188 Å². The third kappa shape index (κ3) is 5.99. The summed E-state index contributed by atoms with van der Waals surface area (Å²) in [4.78, 5) is 30.7. The highest BCUT2D eigenvalue weighted by atomic mass is 35.5. The Balaban J connectivity index is 1.75. The molecule has 1 atom stereocenters. The first-order valence-electron chi connectivity index (χ1n) is 9.57. The quantitative estimate of drug-likeness (QED) is 0.518. The van der Waals surface area contributed by atoms with E-state index < -0.39 is 11.0 Å². The molecule has 0 spiro atoms. The van der Waals surface area contributed by atoms with Gasteiger partial charge >= 0.3 is 0 Å². The highest BCUT2D eigenvalue weighted by molar-refractivity contribution is 7.86. The number of nitrogens with zero attached hydrogens (tertiary/aromatic N) is 2. The van der Waals surface area contributed by atoms with E-state index in [0.717, 1.165) is 5.56 Å². The molecule has 1 unspecified atom stereocenters. The second-order valence-corrected chi connectivity index (χ2v) is 8.71. The summed E-state index contributed by atoms with van der Waals surface area (Å²) in [5.41, 5.74) is 2.19. The molecule has 0 radical (unpaired) electrons. The lowest BCUT2D eigenvalue weighted by Gasteiger charge is -2.12. The summed E-state index contributed by atoms with van der Waals surface area (Å²) in [6.07, 6.45) is 4.10. The van der Waals surface area contributed by atoms with Gasteiger partial charge in [-0.1, -0.05) is 23.7 Å². The summed E-state index contributed by atoms with van der Waals surface area (Å²) in [7, 11) is 1.87. The molecule has 8 heteroatoms. The molecule has 0 aliphatic carbocycles. The normalized spacial score (nSPS) is 11.6. The SMILES string of the molecule is CN(C)C(=O)CCc1ccc(S(=O)Nc2ccc(Cl)cc2C(=O)c2ccncc2)cc1. The molecule has 0 aliphatic heterocycles. The smallest absolute Gasteiger partial charge is 0.222 e. The van der Waals surface area contributed by atoms with E-state index in [1.807, 2.05) is 12.1 Å². The molecule has 0 fully saturated rings. The Morgan fingerprint density at radius 2 is 1.71 bits per heavy atom. The lowest BCUT2D eigenvalue weighted by molar-refractivity contribution is -0.128. The number of rotatable bonds is 8. The number of amides is 1. The number of anilines is 1. The predicted molar refractivity (Wildman–Crippen MR) is 123 cm³/mol. The number of carbonyl (C=O) groups excluding carboxylic acids is 2. The summed E-state index contributed by atoms with van der Waals surface area (Å²) < 4.78 is 15.8. The topological polar surface area (TPSA) is 79.4 Å². The van der Waals surface area contributed by atoms with E-state index in [9.17, 15) is 13.8 Å². The van der Waals surface area contributed by atoms with Crippen molar-refractivity contribution in [2.24, 2.45) is 0 Å². The lowest BCUT2D eigenvalue weighted by atomic mass is 10.0. The van der Waals surface area contributed by atoms with Crippen molar-refractivity contribution < 1.29 is 13.8 Å². The van der Waals surface area contributed by atoms with Crippen LogP contribution < -0.4 is 4.72 Å². The molecule has 0 aliphatic rings. The molecule has 0 bridgehead atoms. The van der Waals surface area contributed by atoms with Gasteiger partial charge in [-0.05, 0) is 54.4 Å². The van der Waals surface area contributed by atoms with Gasteiger partial charge in [-0.25, -0.2) is 4.21 Å². The second kappa shape index (κ2) is 10.3. The van der Waals surface area contributed by atoms with Gasteiger partial charge in [0.2, 0.25) is 5.91 Å². The zero-order chi connectivity index (χ0) is 22.4. The van der Waals surface area contributed by atoms with Crippen LogP contribution in [0.25, 0.3) is 0 Å². The van der Waals surface area contributed by atoms with Crippen LogP contribution in [0.5, 0.6) is 0 Å². The Bertz CT molecular complexity index is 1100. The van der Waals surface area contributed by atoms with E-state index in [4.69, 9.17) is 11.6 Å². The van der Waals surface area contributed by atoms with Gasteiger partial charge in [-0.2, -0.15) is 0 Å². The Hall–Kier alpha value is -3.03. The number of aromatic nitrogens is 1. The zero-order valence-electron chi connectivity index (χ0n) is 17.2. The molecule has 1 N–H and O–H groups in total. The zero-order valence-corrected chi connectivity index (χ0v) is 18.7. The van der Waals surface area contributed by atoms with Crippen molar-refractivity contribution >= 4 is 40.0 Å². The van der Waals surface area contributed by atoms with Gasteiger partial charge in [0.1, 0.15) is 11.0 Å². The maximum absolute atomic E-state index is 12.9. The van der Waals surface area contributed by atoms with Crippen LogP contribution in [0.2, 0.25) is 5.02 Å². The van der Waals surface area contributed by atoms with Crippen molar-refractivity contribution in [1.29, 1.82) is 0 Å². The fourth-order valence-corrected chi connectivity index (χ4v) is 3.92. The fourth-order valence-electron chi connectivity index (χ4n) is 2.87. The van der Waals surface area contributed by atoms with Gasteiger partial charge in [-0.15, -0.1) is 0 Å². The molecule has 6 nitrogen and oxygen atoms in total. The number of nitrogens with one attached hydrogen (secondary N) is 1. The van der Waals surface area contributed by atoms with Crippen LogP contribution in [0, 0.1) is 0 Å². The van der Waals surface area contributed by atoms with Crippen LogP contribution in [0.3, 0.4) is 0 Å². The minimum atomic E-state index is -1.59. The molecule has 3 rings (SSSR count). The lowest BCUT2D eigenvalue weighted by Crippen LogP contribution is -2.21. The van der Waals surface area contributed by atoms with E-state index in [-0.39, 0.29) is 11.7 Å². The number of aryl methyl sites for hydroxylation is 1. The molecule has 0 saturated heterocycles. The Morgan fingerprint density at radius 3 is 2.35 bits per heavy atom. The van der Waals surface area contributed by atoms with Crippen LogP contribution in [-0.4, -0.2) is 39.9 Å². The van der Waals surface area contributed by atoms with Crippen molar-refractivity contribution in [3.05, 3.63) is 88.7 Å². The van der Waals surface area contributed by atoms with E-state index >= 15 is 0 Å².